The van der Waals surface area contributed by atoms with Gasteiger partial charge in [0.1, 0.15) is 46.7 Å². The average Bonchev–Trinajstić information content (AvgIpc) is 2.88. The van der Waals surface area contributed by atoms with Crippen LogP contribution in [0.5, 0.6) is 23.0 Å². The number of benzene rings is 6. The molecule has 430 valence electrons. The van der Waals surface area contributed by atoms with Gasteiger partial charge in [0.05, 0.1) is 29.4 Å². The van der Waals surface area contributed by atoms with Crippen LogP contribution in [0.4, 0.5) is 23.0 Å². The molecule has 0 aliphatic carbocycles. The van der Waals surface area contributed by atoms with Gasteiger partial charge in [-0.1, -0.05) is 67.6 Å². The van der Waals surface area contributed by atoms with Crippen molar-refractivity contribution < 1.29 is 28.9 Å². The van der Waals surface area contributed by atoms with E-state index in [0.29, 0.717) is 93.4 Å². The molecule has 0 radical (unpaired) electrons. The van der Waals surface area contributed by atoms with Crippen LogP contribution in [0.3, 0.4) is 0 Å². The van der Waals surface area contributed by atoms with E-state index in [-0.39, 0.29) is 23.2 Å². The number of carboxylic acid groups (broad SMARTS) is 1. The number of amides is 1. The number of methoxy groups -OCH3 is 1. The number of ether oxygens (including phenoxy) is 3. The molecule has 10 aromatic rings. The topological polar surface area (TPSA) is 284 Å². The lowest BCUT2D eigenvalue weighted by Crippen LogP contribution is -2.23. The Bertz CT molecular complexity index is 4010. The zero-order valence-electron chi connectivity index (χ0n) is 46.7. The summed E-state index contributed by atoms with van der Waals surface area (Å²) in [5, 5.41) is 11.1. The van der Waals surface area contributed by atoms with Crippen molar-refractivity contribution in [2.75, 3.05) is 76.5 Å². The third kappa shape index (κ3) is 15.2. The van der Waals surface area contributed by atoms with E-state index in [4.69, 9.17) is 36.5 Å². The average molecular weight is 1130 g/mol. The van der Waals surface area contributed by atoms with Gasteiger partial charge in [-0.25, -0.2) is 43.5 Å². The Hall–Kier alpha value is -10.7. The van der Waals surface area contributed by atoms with Crippen LogP contribution in [0.1, 0.15) is 13.3 Å². The fourth-order valence-electron chi connectivity index (χ4n) is 8.67. The number of nitrogen functional groups attached to an aromatic ring is 3. The van der Waals surface area contributed by atoms with Gasteiger partial charge in [0, 0.05) is 50.3 Å². The maximum absolute atomic E-state index is 13.9. The first-order valence-electron chi connectivity index (χ1n) is 26.6. The van der Waals surface area contributed by atoms with E-state index in [1.165, 1.54) is 43.1 Å². The minimum absolute atomic E-state index is 0.158. The molecule has 0 saturated heterocycles. The smallest absolute Gasteiger partial charge is 0.339 e. The summed E-state index contributed by atoms with van der Waals surface area (Å²) in [5.74, 6) is 1.88. The van der Waals surface area contributed by atoms with Crippen LogP contribution < -0.4 is 43.4 Å². The van der Waals surface area contributed by atoms with Crippen molar-refractivity contribution in [2.45, 2.75) is 13.3 Å². The SMILES string of the molecule is CCCN(C)C/C=C/C(=O)O.COCCN(C)C/C=C/C(=O)Nc1cccc(-n2c(=O)n(-c3ccc(Oc4ccccc4)cc3)c3c(N)ncnc32)c1.Nc1cccc(-n2c(=O)n(-c3ccc(Oc4ccccc4)cc3)c3c(N)ncnc32)c1. The Balaban J connectivity index is 0.000000191. The largest absolute Gasteiger partial charge is 0.478 e. The number of para-hydroxylation sites is 2. The number of fused-ring (bicyclic) bond motifs is 2. The predicted molar refractivity (Wildman–Crippen MR) is 327 cm³/mol. The molecule has 6 aromatic carbocycles. The first-order chi connectivity index (χ1) is 40.7. The molecule has 1 amide bonds. The second-order valence-corrected chi connectivity index (χ2v) is 18.9. The number of rotatable bonds is 20. The van der Waals surface area contributed by atoms with Crippen LogP contribution in [0, 0.1) is 0 Å². The lowest BCUT2D eigenvalue weighted by molar-refractivity contribution is -0.131. The van der Waals surface area contributed by atoms with Crippen molar-refractivity contribution in [1.29, 1.82) is 0 Å². The highest BCUT2D eigenvalue weighted by Crippen LogP contribution is 2.29. The lowest BCUT2D eigenvalue weighted by Gasteiger charge is -2.12. The number of hydrogen-bond acceptors (Lipinski definition) is 16. The van der Waals surface area contributed by atoms with E-state index >= 15 is 0 Å². The number of aliphatic carboxylic acids is 1. The van der Waals surface area contributed by atoms with Crippen molar-refractivity contribution >= 4 is 57.2 Å². The van der Waals surface area contributed by atoms with E-state index < -0.39 is 11.7 Å². The van der Waals surface area contributed by atoms with Crippen LogP contribution in [0.2, 0.25) is 0 Å². The first kappa shape index (κ1) is 59.4. The molecule has 0 aliphatic heterocycles. The number of nitrogens with one attached hydrogen (secondary N) is 1. The Morgan fingerprint density at radius 1 is 0.560 bits per heavy atom. The van der Waals surface area contributed by atoms with E-state index in [1.54, 1.807) is 116 Å². The molecule has 10 rings (SSSR count). The molecule has 0 fully saturated rings. The van der Waals surface area contributed by atoms with Crippen molar-refractivity contribution in [1.82, 2.24) is 48.0 Å². The summed E-state index contributed by atoms with van der Waals surface area (Å²) in [4.78, 5) is 70.9. The van der Waals surface area contributed by atoms with Gasteiger partial charge >= 0.3 is 17.3 Å². The number of carbonyl (C=O) groups excluding carboxylic acids is 1. The number of carbonyl (C=O) groups is 2. The Kier molecular flexibility index (Phi) is 20.3. The number of hydrogen-bond donors (Lipinski definition) is 5. The molecule has 84 heavy (non-hydrogen) atoms. The van der Waals surface area contributed by atoms with E-state index in [2.05, 4.69) is 37.1 Å². The van der Waals surface area contributed by atoms with Crippen LogP contribution >= 0.6 is 0 Å². The Morgan fingerprint density at radius 3 is 1.50 bits per heavy atom. The molecule has 8 N–H and O–H groups in total. The molecule has 4 aromatic heterocycles. The highest BCUT2D eigenvalue weighted by Gasteiger charge is 2.22. The van der Waals surface area contributed by atoms with Crippen LogP contribution in [0.25, 0.3) is 45.1 Å². The maximum atomic E-state index is 13.9. The van der Waals surface area contributed by atoms with Gasteiger partial charge in [0.15, 0.2) is 22.9 Å². The summed E-state index contributed by atoms with van der Waals surface area (Å²) in [6.45, 7) is 5.78. The first-order valence-corrected chi connectivity index (χ1v) is 26.6. The summed E-state index contributed by atoms with van der Waals surface area (Å²) in [6, 6.07) is 47.1. The molecule has 0 saturated carbocycles. The quantitative estimate of drug-likeness (QED) is 0.0353. The molecule has 22 nitrogen and oxygen atoms in total. The van der Waals surface area contributed by atoms with Crippen LogP contribution in [-0.4, -0.2) is 119 Å². The number of nitrogens with two attached hydrogens (primary N) is 3. The molecule has 0 unspecified atom stereocenters. The minimum Gasteiger partial charge on any atom is -0.478 e. The lowest BCUT2D eigenvalue weighted by atomic mass is 10.2. The van der Waals surface area contributed by atoms with Gasteiger partial charge in [-0.05, 0) is 136 Å². The zero-order valence-corrected chi connectivity index (χ0v) is 46.7. The Labute approximate surface area is 483 Å². The number of nitrogens with zero attached hydrogens (tertiary/aromatic N) is 10. The van der Waals surface area contributed by atoms with Gasteiger partial charge in [-0.3, -0.25) is 13.9 Å². The Morgan fingerprint density at radius 2 is 1.02 bits per heavy atom. The summed E-state index contributed by atoms with van der Waals surface area (Å²) in [7, 11) is 5.57. The second kappa shape index (κ2) is 28.6. The summed E-state index contributed by atoms with van der Waals surface area (Å²) in [6.07, 6.45) is 9.83. The normalized spacial score (nSPS) is 11.2. The molecule has 4 heterocycles. The van der Waals surface area contributed by atoms with Crippen LogP contribution in [-0.2, 0) is 14.3 Å². The number of carboxylic acids is 1. The summed E-state index contributed by atoms with van der Waals surface area (Å²) >= 11 is 0. The van der Waals surface area contributed by atoms with E-state index in [9.17, 15) is 19.2 Å². The minimum atomic E-state index is -0.880. The standard InChI is InChI=1S/C31H31N7O4.C23H18N6O2.C8H15NO2/c1-36(18-19-41-2)17-7-12-27(39)35-22-8-6-9-24(20-22)38-30-28(29(32)33-21-34-30)37(31(38)40)23-13-15-26(16-14-23)42-25-10-4-3-5-11-25;24-15-5-4-6-17(13-15)29-22-20(21(25)26-14-27-22)28(23(29)30)16-9-11-19(12-10-16)31-18-7-2-1-3-8-18;1-3-6-9(2)7-4-5-8(10)11/h3-16,20-21H,17-19H2,1-2H3,(H,35,39)(H2,32,33,34);1-14H,24H2,(H2,25,26,27);4-5H,3,6-7H2,1-2H3,(H,10,11)/b12-7+;;5-4+. The predicted octanol–water partition coefficient (Wildman–Crippen LogP) is 8.52. The molecule has 0 aliphatic rings. The van der Waals surface area contributed by atoms with Crippen LogP contribution in [0.15, 0.2) is 204 Å². The molecule has 0 spiro atoms. The fourth-order valence-corrected chi connectivity index (χ4v) is 8.67. The highest BCUT2D eigenvalue weighted by atomic mass is 16.5. The third-order valence-corrected chi connectivity index (χ3v) is 12.6. The molecular weight excluding hydrogens is 1070 g/mol. The molecule has 0 bridgehead atoms. The van der Waals surface area contributed by atoms with Crippen molar-refractivity contribution in [2.24, 2.45) is 0 Å². The number of likely N-dealkylation sites (N-methyl/N-ethyl adjacent to an activating group) is 2. The van der Waals surface area contributed by atoms with E-state index in [1.807, 2.05) is 79.7 Å². The monoisotopic (exact) mass is 1130 g/mol. The molecule has 0 atom stereocenters. The number of imidazole rings is 2. The maximum Gasteiger partial charge on any atom is 0.339 e. The zero-order chi connectivity index (χ0) is 59.5. The highest BCUT2D eigenvalue weighted by molar-refractivity contribution is 5.99. The summed E-state index contributed by atoms with van der Waals surface area (Å²) < 4.78 is 22.7. The van der Waals surface area contributed by atoms with Crippen molar-refractivity contribution in [3.8, 4) is 45.7 Å². The third-order valence-electron chi connectivity index (χ3n) is 12.6. The summed E-state index contributed by atoms with van der Waals surface area (Å²) in [5.41, 5.74) is 22.5. The molecule has 22 heteroatoms. The van der Waals surface area contributed by atoms with Gasteiger partial charge < -0.3 is 51.6 Å². The van der Waals surface area contributed by atoms with Gasteiger partial charge in [0.25, 0.3) is 0 Å². The van der Waals surface area contributed by atoms with Crippen molar-refractivity contribution in [3.63, 3.8) is 0 Å². The van der Waals surface area contributed by atoms with E-state index in [0.717, 1.165) is 25.3 Å². The van der Waals surface area contributed by atoms with Gasteiger partial charge in [0.2, 0.25) is 5.91 Å². The number of anilines is 4. The van der Waals surface area contributed by atoms with Crippen molar-refractivity contribution in [3.05, 3.63) is 216 Å². The van der Waals surface area contributed by atoms with Gasteiger partial charge in [-0.15, -0.1) is 0 Å². The second-order valence-electron chi connectivity index (χ2n) is 18.9. The molecular formula is C62H64N14O8. The van der Waals surface area contributed by atoms with Gasteiger partial charge in [-0.2, -0.15) is 0 Å². The number of aromatic nitrogens is 8. The fraction of sp³-hybridized carbons (Fsp3) is 0.161.